The Balaban J connectivity index is 2.23. The fourth-order valence-corrected chi connectivity index (χ4v) is 3.30. The Morgan fingerprint density at radius 2 is 1.89 bits per heavy atom. The zero-order valence-electron chi connectivity index (χ0n) is 11.4. The predicted octanol–water partition coefficient (Wildman–Crippen LogP) is 5.33. The van der Waals surface area contributed by atoms with Crippen LogP contribution in [0.25, 0.3) is 0 Å². The number of ether oxygens (including phenoxy) is 2. The van der Waals surface area contributed by atoms with Gasteiger partial charge in [0.05, 0.1) is 18.6 Å². The van der Waals surface area contributed by atoms with Crippen molar-refractivity contribution >= 4 is 27.5 Å². The quantitative estimate of drug-likeness (QED) is 0.686. The number of hydrogen-bond acceptors (Lipinski definition) is 2. The Kier molecular flexibility index (Phi) is 5.40. The van der Waals surface area contributed by atoms with Crippen LogP contribution in [0.4, 0.5) is 0 Å². The van der Waals surface area contributed by atoms with Crippen LogP contribution in [0.3, 0.4) is 0 Å². The molecule has 1 heterocycles. The molecule has 0 bridgehead atoms. The van der Waals surface area contributed by atoms with E-state index in [1.54, 1.807) is 0 Å². The van der Waals surface area contributed by atoms with Crippen LogP contribution in [0.1, 0.15) is 44.1 Å². The van der Waals surface area contributed by atoms with Crippen molar-refractivity contribution in [3.8, 4) is 11.5 Å². The first-order valence-corrected chi connectivity index (χ1v) is 8.07. The molecule has 0 amide bonds. The second-order valence-corrected chi connectivity index (χ2v) is 6.47. The van der Waals surface area contributed by atoms with E-state index in [1.807, 2.05) is 12.1 Å². The summed E-state index contributed by atoms with van der Waals surface area (Å²) in [7, 11) is 0. The molecule has 0 N–H and O–H groups in total. The number of alkyl halides is 1. The van der Waals surface area contributed by atoms with Gasteiger partial charge in [0.1, 0.15) is 0 Å². The lowest BCUT2D eigenvalue weighted by Gasteiger charge is -2.18. The number of halogens is 2. The molecule has 0 saturated carbocycles. The molecule has 0 aliphatic carbocycles. The maximum Gasteiger partial charge on any atom is 0.162 e. The fraction of sp³-hybridized carbons (Fsp3) is 0.600. The highest BCUT2D eigenvalue weighted by molar-refractivity contribution is 9.10. The normalized spacial score (nSPS) is 17.7. The van der Waals surface area contributed by atoms with Gasteiger partial charge in [-0.1, -0.05) is 36.2 Å². The Bertz CT molecular complexity index is 436. The fourth-order valence-electron chi connectivity index (χ4n) is 2.09. The molecular formula is C15H20BrClO2. The monoisotopic (exact) mass is 346 g/mol. The number of rotatable bonds is 4. The summed E-state index contributed by atoms with van der Waals surface area (Å²) in [6, 6.07) is 3.99. The highest BCUT2D eigenvalue weighted by atomic mass is 79.9. The Hall–Kier alpha value is -0.410. The summed E-state index contributed by atoms with van der Waals surface area (Å²) in [6.07, 6.45) is 3.03. The summed E-state index contributed by atoms with van der Waals surface area (Å²) < 4.78 is 12.4. The van der Waals surface area contributed by atoms with Gasteiger partial charge in [0.25, 0.3) is 0 Å². The average molecular weight is 348 g/mol. The highest BCUT2D eigenvalue weighted by Gasteiger charge is 2.19. The van der Waals surface area contributed by atoms with E-state index in [0.717, 1.165) is 40.8 Å². The number of hydrogen-bond donors (Lipinski definition) is 0. The van der Waals surface area contributed by atoms with Crippen LogP contribution >= 0.6 is 27.5 Å². The minimum absolute atomic E-state index is 0.00137. The van der Waals surface area contributed by atoms with Gasteiger partial charge in [-0.05, 0) is 30.0 Å². The van der Waals surface area contributed by atoms with Crippen molar-refractivity contribution in [3.63, 3.8) is 0 Å². The van der Waals surface area contributed by atoms with Gasteiger partial charge >= 0.3 is 0 Å². The van der Waals surface area contributed by atoms with Crippen molar-refractivity contribution < 1.29 is 9.47 Å². The van der Waals surface area contributed by atoms with Gasteiger partial charge in [0, 0.05) is 10.9 Å². The SMILES string of the molecule is CCC(C)CC(Cl)c1cc2c(cc1Br)OCCCO2. The van der Waals surface area contributed by atoms with Crippen LogP contribution in [-0.4, -0.2) is 13.2 Å². The van der Waals surface area contributed by atoms with Crippen molar-refractivity contribution in [2.45, 2.75) is 38.5 Å². The molecule has 4 heteroatoms. The zero-order valence-corrected chi connectivity index (χ0v) is 13.8. The number of benzene rings is 1. The van der Waals surface area contributed by atoms with Gasteiger partial charge in [-0.2, -0.15) is 0 Å². The first-order valence-electron chi connectivity index (χ1n) is 6.85. The molecule has 0 aromatic heterocycles. The molecule has 1 aliphatic heterocycles. The van der Waals surface area contributed by atoms with Gasteiger partial charge in [0.15, 0.2) is 11.5 Å². The first kappa shape index (κ1) is 15.0. The summed E-state index contributed by atoms with van der Waals surface area (Å²) >= 11 is 10.1. The maximum atomic E-state index is 6.54. The van der Waals surface area contributed by atoms with E-state index < -0.39 is 0 Å². The minimum atomic E-state index is 0.00137. The lowest BCUT2D eigenvalue weighted by atomic mass is 9.98. The van der Waals surface area contributed by atoms with E-state index in [0.29, 0.717) is 19.1 Å². The molecule has 19 heavy (non-hydrogen) atoms. The summed E-state index contributed by atoms with van der Waals surface area (Å²) in [5.41, 5.74) is 1.09. The molecule has 1 aromatic carbocycles. The molecule has 0 saturated heterocycles. The second-order valence-electron chi connectivity index (χ2n) is 5.09. The molecule has 2 atom stereocenters. The maximum absolute atomic E-state index is 6.54. The molecule has 0 radical (unpaired) electrons. The van der Waals surface area contributed by atoms with E-state index in [4.69, 9.17) is 21.1 Å². The van der Waals surface area contributed by atoms with Crippen LogP contribution in [-0.2, 0) is 0 Å². The topological polar surface area (TPSA) is 18.5 Å². The van der Waals surface area contributed by atoms with Crippen molar-refractivity contribution in [2.75, 3.05) is 13.2 Å². The Labute approximate surface area is 128 Å². The zero-order chi connectivity index (χ0) is 13.8. The van der Waals surface area contributed by atoms with Gasteiger partial charge in [-0.15, -0.1) is 11.6 Å². The summed E-state index contributed by atoms with van der Waals surface area (Å²) in [5.74, 6) is 2.23. The molecule has 0 spiro atoms. The third-order valence-electron chi connectivity index (χ3n) is 3.51. The van der Waals surface area contributed by atoms with Crippen LogP contribution in [0.5, 0.6) is 11.5 Å². The Morgan fingerprint density at radius 1 is 1.26 bits per heavy atom. The van der Waals surface area contributed by atoms with E-state index in [1.165, 1.54) is 0 Å². The summed E-state index contributed by atoms with van der Waals surface area (Å²) in [6.45, 7) is 5.83. The van der Waals surface area contributed by atoms with Gasteiger partial charge in [-0.3, -0.25) is 0 Å². The molecule has 1 aromatic rings. The van der Waals surface area contributed by atoms with Crippen molar-refractivity contribution in [3.05, 3.63) is 22.2 Å². The van der Waals surface area contributed by atoms with E-state index in [-0.39, 0.29) is 5.38 Å². The number of fused-ring (bicyclic) bond motifs is 1. The van der Waals surface area contributed by atoms with Gasteiger partial charge in [0.2, 0.25) is 0 Å². The lowest BCUT2D eigenvalue weighted by molar-refractivity contribution is 0.297. The largest absolute Gasteiger partial charge is 0.490 e. The smallest absolute Gasteiger partial charge is 0.162 e. The van der Waals surface area contributed by atoms with E-state index in [2.05, 4.69) is 29.8 Å². The summed E-state index contributed by atoms with van der Waals surface area (Å²) in [4.78, 5) is 0. The third kappa shape index (κ3) is 3.79. The molecular weight excluding hydrogens is 328 g/mol. The average Bonchev–Trinajstić information content (AvgIpc) is 2.62. The second kappa shape index (κ2) is 6.85. The van der Waals surface area contributed by atoms with Crippen molar-refractivity contribution in [1.29, 1.82) is 0 Å². The molecule has 106 valence electrons. The van der Waals surface area contributed by atoms with Crippen LogP contribution < -0.4 is 9.47 Å². The molecule has 1 aliphatic rings. The molecule has 2 rings (SSSR count). The molecule has 2 unspecified atom stereocenters. The van der Waals surface area contributed by atoms with E-state index in [9.17, 15) is 0 Å². The Morgan fingerprint density at radius 3 is 2.53 bits per heavy atom. The highest BCUT2D eigenvalue weighted by Crippen LogP contribution is 2.41. The summed E-state index contributed by atoms with van der Waals surface area (Å²) in [5, 5.41) is 0.00137. The lowest BCUT2D eigenvalue weighted by Crippen LogP contribution is -2.01. The van der Waals surface area contributed by atoms with Crippen molar-refractivity contribution in [1.82, 2.24) is 0 Å². The predicted molar refractivity (Wildman–Crippen MR) is 82.4 cm³/mol. The van der Waals surface area contributed by atoms with Crippen LogP contribution in [0.15, 0.2) is 16.6 Å². The standard InChI is InChI=1S/C15H20BrClO2/c1-3-10(2)7-13(17)11-8-14-15(9-12(11)16)19-6-4-5-18-14/h8-10,13H,3-7H2,1-2H3. The molecule has 2 nitrogen and oxygen atoms in total. The van der Waals surface area contributed by atoms with Crippen LogP contribution in [0.2, 0.25) is 0 Å². The third-order valence-corrected chi connectivity index (χ3v) is 4.61. The van der Waals surface area contributed by atoms with Crippen molar-refractivity contribution in [2.24, 2.45) is 5.92 Å². The van der Waals surface area contributed by atoms with E-state index >= 15 is 0 Å². The van der Waals surface area contributed by atoms with Gasteiger partial charge in [-0.25, -0.2) is 0 Å². The molecule has 0 fully saturated rings. The first-order chi connectivity index (χ1) is 9.11. The van der Waals surface area contributed by atoms with Gasteiger partial charge < -0.3 is 9.47 Å². The van der Waals surface area contributed by atoms with Crippen LogP contribution in [0, 0.1) is 5.92 Å². The minimum Gasteiger partial charge on any atom is -0.490 e.